The molecular formula is C8H8N4O2. The van der Waals surface area contributed by atoms with Crippen molar-refractivity contribution in [1.29, 1.82) is 0 Å². The van der Waals surface area contributed by atoms with Crippen LogP contribution in [0, 0.1) is 6.92 Å². The Hall–Kier alpha value is -2.11. The highest BCUT2D eigenvalue weighted by Crippen LogP contribution is 2.16. The average Bonchev–Trinajstić information content (AvgIpc) is 2.43. The van der Waals surface area contributed by atoms with E-state index in [4.69, 9.17) is 10.8 Å². The van der Waals surface area contributed by atoms with Crippen LogP contribution in [0.4, 0.5) is 5.69 Å². The van der Waals surface area contributed by atoms with Crippen molar-refractivity contribution in [3.05, 3.63) is 23.7 Å². The Morgan fingerprint density at radius 2 is 2.36 bits per heavy atom. The predicted octanol–water partition coefficient (Wildman–Crippen LogP) is 0.318. The van der Waals surface area contributed by atoms with Crippen molar-refractivity contribution >= 4 is 17.3 Å². The molecular weight excluding hydrogens is 184 g/mol. The first-order valence-electron chi connectivity index (χ1n) is 3.93. The van der Waals surface area contributed by atoms with Crippen LogP contribution in [0.15, 0.2) is 12.4 Å². The number of carbonyl (C=O) groups is 1. The molecule has 0 radical (unpaired) electrons. The molecule has 0 aliphatic rings. The molecule has 3 N–H and O–H groups in total. The third-order valence-corrected chi connectivity index (χ3v) is 1.84. The number of hydrogen-bond acceptors (Lipinski definition) is 4. The van der Waals surface area contributed by atoms with Gasteiger partial charge in [0.25, 0.3) is 0 Å². The third kappa shape index (κ3) is 1.08. The van der Waals surface area contributed by atoms with E-state index in [9.17, 15) is 4.79 Å². The molecule has 0 saturated carbocycles. The number of carboxylic acids is 1. The third-order valence-electron chi connectivity index (χ3n) is 1.84. The smallest absolute Gasteiger partial charge is 0.358 e. The lowest BCUT2D eigenvalue weighted by atomic mass is 10.3. The molecule has 0 fully saturated rings. The van der Waals surface area contributed by atoms with Crippen molar-refractivity contribution in [3.8, 4) is 0 Å². The molecule has 0 bridgehead atoms. The lowest BCUT2D eigenvalue weighted by molar-refractivity contribution is 0.0691. The van der Waals surface area contributed by atoms with Crippen LogP contribution in [0.2, 0.25) is 0 Å². The summed E-state index contributed by atoms with van der Waals surface area (Å²) >= 11 is 0. The zero-order valence-electron chi connectivity index (χ0n) is 7.43. The number of hydrogen-bond donors (Lipinski definition) is 2. The number of aromatic carboxylic acids is 1. The summed E-state index contributed by atoms with van der Waals surface area (Å²) in [6.45, 7) is 1.84. The summed E-state index contributed by atoms with van der Waals surface area (Å²) in [7, 11) is 0. The summed E-state index contributed by atoms with van der Waals surface area (Å²) in [6.07, 6.45) is 3.28. The Labute approximate surface area is 79.0 Å². The van der Waals surface area contributed by atoms with Crippen LogP contribution in [0.3, 0.4) is 0 Å². The molecule has 0 amide bonds. The van der Waals surface area contributed by atoms with Crippen molar-refractivity contribution in [2.45, 2.75) is 6.92 Å². The second kappa shape index (κ2) is 2.69. The van der Waals surface area contributed by atoms with E-state index >= 15 is 0 Å². The van der Waals surface area contributed by atoms with E-state index in [0.29, 0.717) is 5.65 Å². The molecule has 0 aromatic carbocycles. The maximum Gasteiger partial charge on any atom is 0.358 e. The van der Waals surface area contributed by atoms with Crippen molar-refractivity contribution < 1.29 is 9.90 Å². The molecule has 6 heteroatoms. The van der Waals surface area contributed by atoms with Gasteiger partial charge in [0.2, 0.25) is 0 Å². The molecule has 0 spiro atoms. The molecule has 0 aliphatic carbocycles. The van der Waals surface area contributed by atoms with E-state index in [0.717, 1.165) is 5.56 Å². The van der Waals surface area contributed by atoms with Crippen molar-refractivity contribution in [3.63, 3.8) is 0 Å². The molecule has 6 nitrogen and oxygen atoms in total. The van der Waals surface area contributed by atoms with Gasteiger partial charge in [-0.05, 0) is 12.5 Å². The minimum absolute atomic E-state index is 0.0949. The Morgan fingerprint density at radius 3 is 3.00 bits per heavy atom. The highest BCUT2D eigenvalue weighted by molar-refractivity contribution is 5.95. The van der Waals surface area contributed by atoms with Gasteiger partial charge in [0.05, 0.1) is 0 Å². The maximum atomic E-state index is 10.7. The van der Waals surface area contributed by atoms with Gasteiger partial charge in [0, 0.05) is 12.4 Å². The lowest BCUT2D eigenvalue weighted by Gasteiger charge is -1.93. The minimum atomic E-state index is -1.15. The largest absolute Gasteiger partial charge is 0.476 e. The van der Waals surface area contributed by atoms with Gasteiger partial charge in [-0.15, -0.1) is 0 Å². The highest BCUT2D eigenvalue weighted by atomic mass is 16.4. The van der Waals surface area contributed by atoms with Crippen LogP contribution in [-0.2, 0) is 0 Å². The molecule has 2 aromatic rings. The van der Waals surface area contributed by atoms with Crippen LogP contribution in [-0.4, -0.2) is 25.7 Å². The molecule has 0 atom stereocenters. The van der Waals surface area contributed by atoms with E-state index in [1.54, 1.807) is 12.4 Å². The standard InChI is InChI=1S/C8H8N4O2/c1-4-2-10-7-5(9)6(8(13)14)11-12(7)3-4/h2-3H,9H2,1H3,(H,13,14). The number of aromatic nitrogens is 3. The predicted molar refractivity (Wildman–Crippen MR) is 49.1 cm³/mol. The summed E-state index contributed by atoms with van der Waals surface area (Å²) in [5.41, 5.74) is 6.75. The number of anilines is 1. The quantitative estimate of drug-likeness (QED) is 0.678. The topological polar surface area (TPSA) is 93.5 Å². The number of rotatable bonds is 1. The van der Waals surface area contributed by atoms with Gasteiger partial charge in [-0.25, -0.2) is 14.3 Å². The molecule has 14 heavy (non-hydrogen) atoms. The Balaban J connectivity index is 2.79. The first-order valence-corrected chi connectivity index (χ1v) is 3.93. The highest BCUT2D eigenvalue weighted by Gasteiger charge is 2.16. The number of nitrogen functional groups attached to an aromatic ring is 1. The first kappa shape index (κ1) is 8.49. The average molecular weight is 192 g/mol. The van der Waals surface area contributed by atoms with E-state index in [-0.39, 0.29) is 11.4 Å². The van der Waals surface area contributed by atoms with E-state index in [1.165, 1.54) is 4.52 Å². The summed E-state index contributed by atoms with van der Waals surface area (Å²) in [5, 5.41) is 12.6. The van der Waals surface area contributed by atoms with Crippen molar-refractivity contribution in [2.24, 2.45) is 0 Å². The molecule has 2 rings (SSSR count). The van der Waals surface area contributed by atoms with E-state index in [1.807, 2.05) is 6.92 Å². The van der Waals surface area contributed by atoms with Gasteiger partial charge in [0.1, 0.15) is 5.69 Å². The fourth-order valence-corrected chi connectivity index (χ4v) is 1.20. The van der Waals surface area contributed by atoms with Gasteiger partial charge in [0.15, 0.2) is 11.3 Å². The van der Waals surface area contributed by atoms with Crippen LogP contribution < -0.4 is 5.73 Å². The molecule has 72 valence electrons. The van der Waals surface area contributed by atoms with Gasteiger partial charge >= 0.3 is 5.97 Å². The van der Waals surface area contributed by atoms with Crippen molar-refractivity contribution in [1.82, 2.24) is 14.6 Å². The maximum absolute atomic E-state index is 10.7. The van der Waals surface area contributed by atoms with E-state index < -0.39 is 5.97 Å². The van der Waals surface area contributed by atoms with Gasteiger partial charge in [-0.3, -0.25) is 0 Å². The lowest BCUT2D eigenvalue weighted by Crippen LogP contribution is -2.01. The summed E-state index contributed by atoms with van der Waals surface area (Å²) in [4.78, 5) is 14.7. The van der Waals surface area contributed by atoms with E-state index in [2.05, 4.69) is 10.1 Å². The number of carboxylic acid groups (broad SMARTS) is 1. The van der Waals surface area contributed by atoms with Crippen LogP contribution in [0.1, 0.15) is 16.1 Å². The minimum Gasteiger partial charge on any atom is -0.476 e. The molecule has 2 heterocycles. The summed E-state index contributed by atoms with van der Waals surface area (Å²) in [5.74, 6) is -1.15. The zero-order chi connectivity index (χ0) is 10.3. The summed E-state index contributed by atoms with van der Waals surface area (Å²) < 4.78 is 1.37. The normalized spacial score (nSPS) is 10.6. The molecule has 0 unspecified atom stereocenters. The second-order valence-electron chi connectivity index (χ2n) is 2.97. The SMILES string of the molecule is Cc1cnc2c(N)c(C(=O)O)nn2c1. The monoisotopic (exact) mass is 192 g/mol. The van der Waals surface area contributed by atoms with Gasteiger partial charge in [-0.2, -0.15) is 5.10 Å². The number of nitrogens with two attached hydrogens (primary N) is 1. The fraction of sp³-hybridized carbons (Fsp3) is 0.125. The van der Waals surface area contributed by atoms with Gasteiger partial charge in [-0.1, -0.05) is 0 Å². The number of fused-ring (bicyclic) bond motifs is 1. The van der Waals surface area contributed by atoms with Crippen LogP contribution in [0.5, 0.6) is 0 Å². The first-order chi connectivity index (χ1) is 6.59. The molecule has 0 aliphatic heterocycles. The second-order valence-corrected chi connectivity index (χ2v) is 2.97. The molecule has 0 saturated heterocycles. The van der Waals surface area contributed by atoms with Gasteiger partial charge < -0.3 is 10.8 Å². The van der Waals surface area contributed by atoms with Crippen molar-refractivity contribution in [2.75, 3.05) is 5.73 Å². The fourth-order valence-electron chi connectivity index (χ4n) is 1.20. The summed E-state index contributed by atoms with van der Waals surface area (Å²) in [6, 6.07) is 0. The Bertz CT molecular complexity index is 517. The van der Waals surface area contributed by atoms with Crippen LogP contribution >= 0.6 is 0 Å². The Morgan fingerprint density at radius 1 is 1.64 bits per heavy atom. The number of aryl methyl sites for hydroxylation is 1. The zero-order valence-corrected chi connectivity index (χ0v) is 7.43. The molecule has 2 aromatic heterocycles. The van der Waals surface area contributed by atoms with Crippen LogP contribution in [0.25, 0.3) is 5.65 Å². The number of nitrogens with zero attached hydrogens (tertiary/aromatic N) is 3. The Kier molecular flexibility index (Phi) is 1.63.